The molecule has 116 valence electrons. The normalized spacial score (nSPS) is 31.8. The highest BCUT2D eigenvalue weighted by Gasteiger charge is 2.44. The van der Waals surface area contributed by atoms with Crippen LogP contribution in [0.1, 0.15) is 27.2 Å². The maximum atomic E-state index is 12.5. The molecule has 0 bridgehead atoms. The van der Waals surface area contributed by atoms with Gasteiger partial charge in [0.2, 0.25) is 0 Å². The molecule has 7 heteroatoms. The maximum absolute atomic E-state index is 12.5. The Balaban J connectivity index is 1.97. The number of carboxylic acids is 1. The van der Waals surface area contributed by atoms with E-state index < -0.39 is 22.1 Å². The monoisotopic (exact) mass is 304 g/mol. The van der Waals surface area contributed by atoms with Crippen molar-refractivity contribution in [2.45, 2.75) is 27.2 Å². The van der Waals surface area contributed by atoms with Crippen LogP contribution in [0.4, 0.5) is 0 Å². The second kappa shape index (κ2) is 5.61. The molecule has 3 atom stereocenters. The standard InChI is InChI=1S/C13H24N2O4S/c1-9-4-10(2)6-14(5-9)20(18,19)15-7-12(8-15)11(3)13(16)17/h9-12H,4-8H2,1-3H3,(H,16,17). The predicted octanol–water partition coefficient (Wildman–Crippen LogP) is 0.862. The SMILES string of the molecule is CC1CC(C)CN(S(=O)(=O)N2CC(C(C)C(=O)O)C2)C1. The fraction of sp³-hybridized carbons (Fsp3) is 0.923. The van der Waals surface area contributed by atoms with Crippen molar-refractivity contribution in [3.05, 3.63) is 0 Å². The van der Waals surface area contributed by atoms with Crippen molar-refractivity contribution in [2.24, 2.45) is 23.7 Å². The minimum atomic E-state index is -3.41. The van der Waals surface area contributed by atoms with Crippen LogP contribution in [0, 0.1) is 23.7 Å². The number of carboxylic acid groups (broad SMARTS) is 1. The molecule has 2 fully saturated rings. The predicted molar refractivity (Wildman–Crippen MR) is 75.3 cm³/mol. The summed E-state index contributed by atoms with van der Waals surface area (Å²) in [6, 6.07) is 0. The van der Waals surface area contributed by atoms with E-state index in [1.54, 1.807) is 11.2 Å². The second-order valence-electron chi connectivity index (χ2n) is 6.47. The zero-order valence-corrected chi connectivity index (χ0v) is 13.1. The Morgan fingerprint density at radius 1 is 1.10 bits per heavy atom. The first-order valence-corrected chi connectivity index (χ1v) is 8.59. The smallest absolute Gasteiger partial charge is 0.306 e. The highest BCUT2D eigenvalue weighted by atomic mass is 32.2. The van der Waals surface area contributed by atoms with Gasteiger partial charge >= 0.3 is 5.97 Å². The van der Waals surface area contributed by atoms with Crippen LogP contribution in [0.15, 0.2) is 0 Å². The zero-order chi connectivity index (χ0) is 15.1. The van der Waals surface area contributed by atoms with Crippen molar-refractivity contribution in [1.29, 1.82) is 0 Å². The van der Waals surface area contributed by atoms with E-state index >= 15 is 0 Å². The Morgan fingerprint density at radius 3 is 2.00 bits per heavy atom. The van der Waals surface area contributed by atoms with Gasteiger partial charge in [-0.05, 0) is 24.2 Å². The van der Waals surface area contributed by atoms with Gasteiger partial charge in [-0.25, -0.2) is 0 Å². The van der Waals surface area contributed by atoms with Gasteiger partial charge in [0, 0.05) is 26.2 Å². The van der Waals surface area contributed by atoms with Crippen molar-refractivity contribution in [1.82, 2.24) is 8.61 Å². The van der Waals surface area contributed by atoms with Gasteiger partial charge < -0.3 is 5.11 Å². The van der Waals surface area contributed by atoms with Gasteiger partial charge in [0.15, 0.2) is 0 Å². The quantitative estimate of drug-likeness (QED) is 0.835. The van der Waals surface area contributed by atoms with Crippen LogP contribution in [0.2, 0.25) is 0 Å². The molecule has 1 N–H and O–H groups in total. The maximum Gasteiger partial charge on any atom is 0.306 e. The molecule has 0 aliphatic carbocycles. The molecule has 2 aliphatic heterocycles. The molecule has 20 heavy (non-hydrogen) atoms. The summed E-state index contributed by atoms with van der Waals surface area (Å²) in [4.78, 5) is 10.9. The van der Waals surface area contributed by atoms with Crippen LogP contribution in [0.5, 0.6) is 0 Å². The summed E-state index contributed by atoms with van der Waals surface area (Å²) >= 11 is 0. The van der Waals surface area contributed by atoms with Crippen LogP contribution >= 0.6 is 0 Å². The Labute approximate surface area is 120 Å². The summed E-state index contributed by atoms with van der Waals surface area (Å²) in [6.45, 7) is 7.59. The lowest BCUT2D eigenvalue weighted by Gasteiger charge is -2.44. The summed E-state index contributed by atoms with van der Waals surface area (Å²) in [7, 11) is -3.41. The fourth-order valence-electron chi connectivity index (χ4n) is 3.13. The minimum absolute atomic E-state index is 0.0677. The minimum Gasteiger partial charge on any atom is -0.481 e. The first kappa shape index (κ1) is 15.7. The molecule has 3 unspecified atom stereocenters. The Kier molecular flexibility index (Phi) is 4.41. The first-order chi connectivity index (χ1) is 9.21. The molecule has 0 saturated carbocycles. The fourth-order valence-corrected chi connectivity index (χ4v) is 5.11. The molecule has 2 saturated heterocycles. The Morgan fingerprint density at radius 2 is 1.55 bits per heavy atom. The summed E-state index contributed by atoms with van der Waals surface area (Å²) < 4.78 is 28.0. The number of rotatable bonds is 4. The number of hydrogen-bond acceptors (Lipinski definition) is 3. The summed E-state index contributed by atoms with van der Waals surface area (Å²) in [5.41, 5.74) is 0. The molecule has 0 aromatic carbocycles. The lowest BCUT2D eigenvalue weighted by Crippen LogP contribution is -2.59. The van der Waals surface area contributed by atoms with E-state index in [-0.39, 0.29) is 5.92 Å². The third kappa shape index (κ3) is 2.99. The third-order valence-corrected chi connectivity index (χ3v) is 6.36. The topological polar surface area (TPSA) is 77.9 Å². The average Bonchev–Trinajstić information content (AvgIpc) is 2.24. The van der Waals surface area contributed by atoms with Crippen LogP contribution in [0.25, 0.3) is 0 Å². The molecule has 2 aliphatic rings. The van der Waals surface area contributed by atoms with E-state index in [0.717, 1.165) is 6.42 Å². The highest BCUT2D eigenvalue weighted by Crippen LogP contribution is 2.31. The molecule has 6 nitrogen and oxygen atoms in total. The lowest BCUT2D eigenvalue weighted by molar-refractivity contribution is -0.144. The zero-order valence-electron chi connectivity index (χ0n) is 12.3. The highest BCUT2D eigenvalue weighted by molar-refractivity contribution is 7.86. The van der Waals surface area contributed by atoms with Gasteiger partial charge in [0.1, 0.15) is 0 Å². The first-order valence-electron chi connectivity index (χ1n) is 7.19. The van der Waals surface area contributed by atoms with Crippen molar-refractivity contribution in [3.8, 4) is 0 Å². The van der Waals surface area contributed by atoms with Gasteiger partial charge in [-0.1, -0.05) is 20.8 Å². The molecule has 0 aromatic rings. The summed E-state index contributed by atoms with van der Waals surface area (Å²) in [6.07, 6.45) is 1.06. The van der Waals surface area contributed by atoms with Gasteiger partial charge in [0.05, 0.1) is 5.92 Å². The van der Waals surface area contributed by atoms with Crippen LogP contribution in [-0.4, -0.2) is 54.3 Å². The average molecular weight is 304 g/mol. The molecule has 0 spiro atoms. The second-order valence-corrected chi connectivity index (χ2v) is 8.40. The van der Waals surface area contributed by atoms with Gasteiger partial charge in [-0.2, -0.15) is 17.0 Å². The molecule has 0 amide bonds. The van der Waals surface area contributed by atoms with Gasteiger partial charge in [-0.15, -0.1) is 0 Å². The number of hydrogen-bond donors (Lipinski definition) is 1. The lowest BCUT2D eigenvalue weighted by atomic mass is 9.89. The Bertz CT molecular complexity index is 463. The number of carbonyl (C=O) groups is 1. The van der Waals surface area contributed by atoms with Crippen molar-refractivity contribution >= 4 is 16.2 Å². The van der Waals surface area contributed by atoms with E-state index in [1.165, 1.54) is 4.31 Å². The molecule has 0 radical (unpaired) electrons. The van der Waals surface area contributed by atoms with Crippen molar-refractivity contribution in [2.75, 3.05) is 26.2 Å². The molecular formula is C13H24N2O4S. The van der Waals surface area contributed by atoms with Gasteiger partial charge in [-0.3, -0.25) is 4.79 Å². The summed E-state index contributed by atoms with van der Waals surface area (Å²) in [5.74, 6) is -0.651. The van der Waals surface area contributed by atoms with E-state index in [1.807, 2.05) is 0 Å². The number of aliphatic carboxylic acids is 1. The number of piperidine rings is 1. The number of nitrogens with zero attached hydrogens (tertiary/aromatic N) is 2. The van der Waals surface area contributed by atoms with E-state index in [0.29, 0.717) is 38.0 Å². The van der Waals surface area contributed by atoms with Crippen molar-refractivity contribution in [3.63, 3.8) is 0 Å². The van der Waals surface area contributed by atoms with E-state index in [4.69, 9.17) is 5.11 Å². The van der Waals surface area contributed by atoms with Crippen LogP contribution in [-0.2, 0) is 15.0 Å². The Hall–Kier alpha value is -0.660. The van der Waals surface area contributed by atoms with Gasteiger partial charge in [0.25, 0.3) is 10.2 Å². The van der Waals surface area contributed by atoms with Crippen LogP contribution in [0.3, 0.4) is 0 Å². The summed E-state index contributed by atoms with van der Waals surface area (Å²) in [5, 5.41) is 8.95. The molecule has 2 rings (SSSR count). The van der Waals surface area contributed by atoms with E-state index in [9.17, 15) is 13.2 Å². The molecule has 2 heterocycles. The molecular weight excluding hydrogens is 280 g/mol. The van der Waals surface area contributed by atoms with E-state index in [2.05, 4.69) is 13.8 Å². The molecule has 0 aromatic heterocycles. The van der Waals surface area contributed by atoms with Crippen LogP contribution < -0.4 is 0 Å². The third-order valence-electron chi connectivity index (χ3n) is 4.46. The van der Waals surface area contributed by atoms with Crippen molar-refractivity contribution < 1.29 is 18.3 Å². The largest absolute Gasteiger partial charge is 0.481 e.